The number of carbonyl (C=O) groups is 2. The second kappa shape index (κ2) is 7.74. The van der Waals surface area contributed by atoms with Crippen molar-refractivity contribution in [3.8, 4) is 0 Å². The van der Waals surface area contributed by atoms with E-state index >= 15 is 0 Å². The van der Waals surface area contributed by atoms with Crippen LogP contribution in [-0.2, 0) is 4.79 Å². The molecule has 132 valence electrons. The van der Waals surface area contributed by atoms with Crippen molar-refractivity contribution in [2.45, 2.75) is 12.3 Å². The van der Waals surface area contributed by atoms with Crippen LogP contribution in [0.15, 0.2) is 47.1 Å². The molecule has 0 bridgehead atoms. The summed E-state index contributed by atoms with van der Waals surface area (Å²) in [4.78, 5) is 27.9. The van der Waals surface area contributed by atoms with E-state index < -0.39 is 0 Å². The first kappa shape index (κ1) is 17.5. The van der Waals surface area contributed by atoms with Crippen LogP contribution in [0, 0.1) is 5.82 Å². The molecule has 3 rings (SSSR count). The molecule has 1 aromatic carbocycles. The van der Waals surface area contributed by atoms with Gasteiger partial charge in [0.15, 0.2) is 5.76 Å². The van der Waals surface area contributed by atoms with Gasteiger partial charge in [-0.3, -0.25) is 9.59 Å². The number of hydrogen-bond acceptors (Lipinski definition) is 4. The highest BCUT2D eigenvalue weighted by Crippen LogP contribution is 2.39. The van der Waals surface area contributed by atoms with Gasteiger partial charge in [0, 0.05) is 25.2 Å². The highest BCUT2D eigenvalue weighted by molar-refractivity contribution is 8.00. The molecule has 1 fully saturated rings. The number of carbonyl (C=O) groups excluding carboxylic acids is 2. The minimum Gasteiger partial charge on any atom is -0.459 e. The van der Waals surface area contributed by atoms with E-state index in [9.17, 15) is 14.0 Å². The Labute approximate surface area is 149 Å². The van der Waals surface area contributed by atoms with E-state index in [2.05, 4.69) is 0 Å². The summed E-state index contributed by atoms with van der Waals surface area (Å²) in [6.45, 7) is 3.09. The van der Waals surface area contributed by atoms with E-state index in [1.54, 1.807) is 40.1 Å². The predicted molar refractivity (Wildman–Crippen MR) is 93.6 cm³/mol. The third-order valence-corrected chi connectivity index (χ3v) is 5.39. The smallest absolute Gasteiger partial charge is 0.289 e. The average Bonchev–Trinajstić information content (AvgIpc) is 3.26. The summed E-state index contributed by atoms with van der Waals surface area (Å²) >= 11 is 1.41. The molecule has 25 heavy (non-hydrogen) atoms. The van der Waals surface area contributed by atoms with Gasteiger partial charge in [0.2, 0.25) is 5.91 Å². The molecule has 0 radical (unpaired) electrons. The zero-order chi connectivity index (χ0) is 17.8. The highest BCUT2D eigenvalue weighted by Gasteiger charge is 2.34. The van der Waals surface area contributed by atoms with Crippen molar-refractivity contribution in [2.75, 3.05) is 25.4 Å². The van der Waals surface area contributed by atoms with Crippen molar-refractivity contribution in [3.63, 3.8) is 0 Å². The number of likely N-dealkylation sites (N-methyl/N-ethyl adjacent to an activating group) is 1. The zero-order valence-electron chi connectivity index (χ0n) is 13.9. The number of benzene rings is 1. The maximum absolute atomic E-state index is 14.1. The first-order valence-corrected chi connectivity index (χ1v) is 9.15. The van der Waals surface area contributed by atoms with Gasteiger partial charge in [-0.05, 0) is 25.1 Å². The van der Waals surface area contributed by atoms with Crippen LogP contribution < -0.4 is 0 Å². The molecule has 5 nitrogen and oxygen atoms in total. The Bertz CT molecular complexity index is 751. The van der Waals surface area contributed by atoms with Crippen molar-refractivity contribution in [2.24, 2.45) is 0 Å². The maximum atomic E-state index is 14.1. The average molecular weight is 362 g/mol. The lowest BCUT2D eigenvalue weighted by Crippen LogP contribution is -2.40. The number of furan rings is 1. The van der Waals surface area contributed by atoms with Crippen LogP contribution in [0.5, 0.6) is 0 Å². The number of thioether (sulfide) groups is 1. The van der Waals surface area contributed by atoms with Gasteiger partial charge < -0.3 is 14.2 Å². The molecule has 0 aliphatic carbocycles. The van der Waals surface area contributed by atoms with Crippen molar-refractivity contribution in [1.29, 1.82) is 0 Å². The minimum atomic E-state index is -0.355. The van der Waals surface area contributed by atoms with E-state index in [0.717, 1.165) is 0 Å². The van der Waals surface area contributed by atoms with Gasteiger partial charge in [0.1, 0.15) is 11.2 Å². The molecule has 0 N–H and O–H groups in total. The lowest BCUT2D eigenvalue weighted by Gasteiger charge is -2.28. The van der Waals surface area contributed by atoms with Gasteiger partial charge in [0.05, 0.1) is 12.0 Å². The Kier molecular flexibility index (Phi) is 5.43. The molecule has 2 amide bonds. The first-order valence-electron chi connectivity index (χ1n) is 8.10. The lowest BCUT2D eigenvalue weighted by molar-refractivity contribution is -0.128. The maximum Gasteiger partial charge on any atom is 0.289 e. The Morgan fingerprint density at radius 3 is 2.84 bits per heavy atom. The summed E-state index contributed by atoms with van der Waals surface area (Å²) in [6, 6.07) is 9.77. The molecule has 2 heterocycles. The number of nitrogens with zero attached hydrogens (tertiary/aromatic N) is 2. The summed E-state index contributed by atoms with van der Waals surface area (Å²) in [7, 11) is 0. The van der Waals surface area contributed by atoms with Gasteiger partial charge in [-0.1, -0.05) is 18.2 Å². The number of hydrogen-bond donors (Lipinski definition) is 0. The third-order valence-electron chi connectivity index (χ3n) is 4.15. The molecule has 7 heteroatoms. The van der Waals surface area contributed by atoms with Gasteiger partial charge in [-0.15, -0.1) is 11.8 Å². The van der Waals surface area contributed by atoms with Crippen molar-refractivity contribution < 1.29 is 18.4 Å². The SMILES string of the molecule is CCN(CCN1C(=O)CS[C@@H]1c1ccccc1F)C(=O)c1ccco1. The molecule has 1 aliphatic heterocycles. The van der Waals surface area contributed by atoms with Gasteiger partial charge in [-0.2, -0.15) is 0 Å². The summed E-state index contributed by atoms with van der Waals surface area (Å²) in [5.41, 5.74) is 0.499. The van der Waals surface area contributed by atoms with Crippen LogP contribution in [0.4, 0.5) is 4.39 Å². The molecule has 0 spiro atoms. The van der Waals surface area contributed by atoms with Crippen LogP contribution in [-0.4, -0.2) is 47.0 Å². The predicted octanol–water partition coefficient (Wildman–Crippen LogP) is 3.16. The summed E-state index contributed by atoms with van der Waals surface area (Å²) in [5.74, 6) is 0.0133. The molecule has 0 saturated carbocycles. The monoisotopic (exact) mass is 362 g/mol. The van der Waals surface area contributed by atoms with Crippen LogP contribution in [0.1, 0.15) is 28.4 Å². The summed E-state index contributed by atoms with van der Waals surface area (Å²) in [5, 5.41) is -0.355. The molecule has 1 aromatic heterocycles. The standard InChI is InChI=1S/C18H19FN2O3S/c1-2-20(17(23)15-8-5-11-24-15)9-10-21-16(22)12-25-18(21)13-6-3-4-7-14(13)19/h3-8,11,18H,2,9-10,12H2,1H3/t18-/m1/s1. The second-order valence-electron chi connectivity index (χ2n) is 5.63. The van der Waals surface area contributed by atoms with Crippen LogP contribution in [0.25, 0.3) is 0 Å². The van der Waals surface area contributed by atoms with Gasteiger partial charge >= 0.3 is 0 Å². The zero-order valence-corrected chi connectivity index (χ0v) is 14.7. The fourth-order valence-corrected chi connectivity index (χ4v) is 4.06. The van der Waals surface area contributed by atoms with Crippen molar-refractivity contribution in [1.82, 2.24) is 9.80 Å². The Morgan fingerprint density at radius 2 is 2.16 bits per heavy atom. The van der Waals surface area contributed by atoms with Crippen molar-refractivity contribution >= 4 is 23.6 Å². The molecule has 1 aliphatic rings. The summed E-state index contributed by atoms with van der Waals surface area (Å²) < 4.78 is 19.2. The third kappa shape index (κ3) is 3.71. The summed E-state index contributed by atoms with van der Waals surface area (Å²) in [6.07, 6.45) is 1.45. The van der Waals surface area contributed by atoms with Crippen molar-refractivity contribution in [3.05, 3.63) is 59.8 Å². The minimum absolute atomic E-state index is 0.0419. The molecule has 2 aromatic rings. The first-order chi connectivity index (χ1) is 12.1. The van der Waals surface area contributed by atoms with Crippen LogP contribution >= 0.6 is 11.8 Å². The topological polar surface area (TPSA) is 53.8 Å². The second-order valence-corrected chi connectivity index (χ2v) is 6.70. The van der Waals surface area contributed by atoms with E-state index in [1.807, 2.05) is 6.92 Å². The molecular formula is C18H19FN2O3S. The van der Waals surface area contributed by atoms with E-state index in [-0.39, 0.29) is 28.8 Å². The van der Waals surface area contributed by atoms with Gasteiger partial charge in [-0.25, -0.2) is 4.39 Å². The quantitative estimate of drug-likeness (QED) is 0.792. The van der Waals surface area contributed by atoms with E-state index in [0.29, 0.717) is 31.0 Å². The Morgan fingerprint density at radius 1 is 1.36 bits per heavy atom. The van der Waals surface area contributed by atoms with Crippen LogP contribution in [0.3, 0.4) is 0 Å². The Hall–Kier alpha value is -2.28. The number of amides is 2. The van der Waals surface area contributed by atoms with Gasteiger partial charge in [0.25, 0.3) is 5.91 Å². The van der Waals surface area contributed by atoms with E-state index in [1.165, 1.54) is 24.1 Å². The Balaban J connectivity index is 1.70. The fourth-order valence-electron chi connectivity index (χ4n) is 2.82. The highest BCUT2D eigenvalue weighted by atomic mass is 32.2. The largest absolute Gasteiger partial charge is 0.459 e. The van der Waals surface area contributed by atoms with E-state index in [4.69, 9.17) is 4.42 Å². The number of halogens is 1. The fraction of sp³-hybridized carbons (Fsp3) is 0.333. The van der Waals surface area contributed by atoms with Crippen LogP contribution in [0.2, 0.25) is 0 Å². The molecular weight excluding hydrogens is 343 g/mol. The normalized spacial score (nSPS) is 17.1. The molecule has 1 saturated heterocycles. The molecule has 0 unspecified atom stereocenters. The lowest BCUT2D eigenvalue weighted by atomic mass is 10.2. The molecule has 1 atom stereocenters. The number of rotatable bonds is 6.